The summed E-state index contributed by atoms with van der Waals surface area (Å²) in [5, 5.41) is 263. The van der Waals surface area contributed by atoms with E-state index in [-0.39, 0.29) is 0 Å². The molecule has 48 nitrogen and oxygen atoms in total. The normalized spacial score (nSPS) is 43.3. The molecular formula is C58H95N5O43. The van der Waals surface area contributed by atoms with Crippen molar-refractivity contribution in [2.45, 2.75) is 266 Å². The Bertz CT molecular complexity index is 2920. The van der Waals surface area contributed by atoms with E-state index in [0.717, 1.165) is 27.7 Å². The number of hydrogen-bond donors (Lipinski definition) is 28. The highest BCUT2D eigenvalue weighted by Crippen LogP contribution is 2.42. The average Bonchev–Trinajstić information content (AvgIpc) is 0.752. The number of nitrogens with one attached hydrogen (secondary N) is 5. The maximum absolute atomic E-state index is 13.8. The van der Waals surface area contributed by atoms with Gasteiger partial charge in [-0.3, -0.25) is 24.0 Å². The highest BCUT2D eigenvalue weighted by Gasteiger charge is 2.64. The van der Waals surface area contributed by atoms with Crippen molar-refractivity contribution in [3.05, 3.63) is 0 Å². The number of carbonyl (C=O) groups is 7. The largest absolute Gasteiger partial charge is 0.477 e. The first-order chi connectivity index (χ1) is 49.8. The molecule has 0 bridgehead atoms. The van der Waals surface area contributed by atoms with E-state index in [2.05, 4.69) is 26.6 Å². The lowest BCUT2D eigenvalue weighted by atomic mass is 9.87. The Morgan fingerprint density at radius 1 is 0.406 bits per heavy atom. The van der Waals surface area contributed by atoms with E-state index in [4.69, 9.17) is 61.6 Å². The van der Waals surface area contributed by atoms with Gasteiger partial charge in [0, 0.05) is 40.5 Å². The molecule has 0 spiro atoms. The molecule has 0 radical (unpaired) electrons. The van der Waals surface area contributed by atoms with Gasteiger partial charge >= 0.3 is 11.9 Å². The zero-order chi connectivity index (χ0) is 79.0. The molecular weight excluding hydrogens is 1450 g/mol. The van der Waals surface area contributed by atoms with Crippen LogP contribution in [0.2, 0.25) is 0 Å². The van der Waals surface area contributed by atoms with Gasteiger partial charge in [-0.05, 0) is 0 Å². The molecule has 7 aliphatic rings. The third-order valence-corrected chi connectivity index (χ3v) is 18.6. The van der Waals surface area contributed by atoms with Crippen molar-refractivity contribution in [3.8, 4) is 0 Å². The maximum atomic E-state index is 13.8. The van der Waals surface area contributed by atoms with Crippen LogP contribution in [0.4, 0.5) is 0 Å². The Labute approximate surface area is 598 Å². The van der Waals surface area contributed by atoms with Crippen LogP contribution >= 0.6 is 0 Å². The highest BCUT2D eigenvalue weighted by atomic mass is 16.8. The van der Waals surface area contributed by atoms with Crippen LogP contribution in [0.3, 0.4) is 0 Å². The first-order valence-corrected chi connectivity index (χ1v) is 33.0. The van der Waals surface area contributed by atoms with Crippen LogP contribution < -0.4 is 26.6 Å². The molecule has 7 aliphatic heterocycles. The van der Waals surface area contributed by atoms with Crippen LogP contribution in [0.25, 0.3) is 0 Å². The molecule has 28 N–H and O–H groups in total. The number of carboxylic acid groups (broad SMARTS) is 2. The van der Waals surface area contributed by atoms with Crippen LogP contribution in [0.15, 0.2) is 0 Å². The maximum Gasteiger partial charge on any atom is 0.364 e. The van der Waals surface area contributed by atoms with Crippen molar-refractivity contribution in [1.82, 2.24) is 26.6 Å². The third kappa shape index (κ3) is 19.6. The molecule has 0 saturated carbocycles. The summed E-state index contributed by atoms with van der Waals surface area (Å²) >= 11 is 0. The zero-order valence-electron chi connectivity index (χ0n) is 56.7. The molecule has 0 aromatic carbocycles. The number of aliphatic hydroxyl groups is 21. The van der Waals surface area contributed by atoms with Gasteiger partial charge in [0.2, 0.25) is 29.5 Å². The minimum atomic E-state index is -3.45. The fourth-order valence-electron chi connectivity index (χ4n) is 13.3. The average molecular weight is 1550 g/mol. The van der Waals surface area contributed by atoms with Crippen LogP contribution in [-0.2, 0) is 95.1 Å². The fraction of sp³-hybridized carbons (Fsp3) is 0.879. The Morgan fingerprint density at radius 2 is 0.811 bits per heavy atom. The van der Waals surface area contributed by atoms with Crippen LogP contribution in [0.5, 0.6) is 0 Å². The van der Waals surface area contributed by atoms with Gasteiger partial charge in [-0.15, -0.1) is 0 Å². The molecule has 7 saturated heterocycles. The topological polar surface area (TPSA) is 765 Å². The predicted molar refractivity (Wildman–Crippen MR) is 326 cm³/mol. The monoisotopic (exact) mass is 1550 g/mol. The molecule has 37 atom stereocenters. The predicted octanol–water partition coefficient (Wildman–Crippen LogP) is -18.2. The lowest BCUT2D eigenvalue weighted by Crippen LogP contribution is -2.73. The van der Waals surface area contributed by atoms with E-state index in [1.807, 2.05) is 0 Å². The van der Waals surface area contributed by atoms with Gasteiger partial charge in [0.25, 0.3) is 11.6 Å². The fourth-order valence-corrected chi connectivity index (χ4v) is 13.3. The molecule has 7 heterocycles. The number of hydrogen-bond acceptors (Lipinski definition) is 41. The zero-order valence-corrected chi connectivity index (χ0v) is 56.7. The number of amides is 5. The summed E-state index contributed by atoms with van der Waals surface area (Å²) in [7, 11) is 0. The summed E-state index contributed by atoms with van der Waals surface area (Å²) in [5.41, 5.74) is 0. The van der Waals surface area contributed by atoms with Crippen LogP contribution in [0.1, 0.15) is 40.5 Å². The van der Waals surface area contributed by atoms with E-state index >= 15 is 0 Å². The molecule has 7 fully saturated rings. The molecule has 7 rings (SSSR count). The van der Waals surface area contributed by atoms with Gasteiger partial charge in [0.15, 0.2) is 31.5 Å². The third-order valence-electron chi connectivity index (χ3n) is 18.6. The molecule has 0 aromatic rings. The van der Waals surface area contributed by atoms with Gasteiger partial charge < -0.3 is 206 Å². The SMILES string of the molecule is CC(=O)N[C@H]1[C@H](O[C@@H]2[C@H](O[C@]3(C(=O)O)C[C@H](O)[C@@H](NC(C)=O)[C@H]([C@H](O)[C@H](O)CO)O3)[C@@H](NC(C)=O)[C@H](O[C@H]3[C@@H](O)[C@@H](CO)O[C@@H](O[C@@H]4[C@H](O)[C@@H](O)[C@H](O[C@H]5[C@@H](O)[C@@H](CO[C@]6(C(=O)O)C[C@H](O)[C@@H](NC(=O)CO)[C@H]([C@H](O)[C@H](O)CO)O6)OC(O)[C@@H]5NC(C)=O)O[C@@H]4CO)[C@@H]3O)O[C@@H]2CO)O[C@H](CO)[C@H](O)[C@@H]1O. The second-order valence-electron chi connectivity index (χ2n) is 26.2. The molecule has 106 heavy (non-hydrogen) atoms. The second kappa shape index (κ2) is 37.8. The molecule has 1 unspecified atom stereocenters. The van der Waals surface area contributed by atoms with Gasteiger partial charge in [0.05, 0.1) is 70.5 Å². The Hall–Kier alpha value is -5.07. The lowest BCUT2D eigenvalue weighted by Gasteiger charge is -2.53. The first-order valence-electron chi connectivity index (χ1n) is 33.0. The van der Waals surface area contributed by atoms with Crippen molar-refractivity contribution in [2.24, 2.45) is 0 Å². The minimum Gasteiger partial charge on any atom is -0.477 e. The summed E-state index contributed by atoms with van der Waals surface area (Å²) in [5.74, 6) is -15.9. The first kappa shape index (κ1) is 88.1. The number of aliphatic carboxylic acids is 2. The second-order valence-corrected chi connectivity index (χ2v) is 26.2. The quantitative estimate of drug-likeness (QED) is 0.0306. The van der Waals surface area contributed by atoms with Crippen molar-refractivity contribution in [2.75, 3.05) is 52.9 Å². The standard InChI is InChI=1S/C58H95N5O43/c1-15(71)59-29-20(76)6-58(56(92)93,105-46(29)34(80)21(77)7-64)106-48-33(62-18(4)74)52(98-26(12-69)44(48)101-51-31(60-16(2)72)39(85)36(82)23(9-66)96-51)103-49-37(83)24(10-67)97-54(42(49)88)100-43-25(11-68)99-53(41(87)40(43)86)102-45-32(61-17(3)73)50(89)95-27(38(45)84)14-94-57(55(90)91)5-19(75)30(63-28(79)13-70)47(104-57)35(81)22(78)8-65/h19-27,29-54,64-70,75-78,80-89H,5-14H2,1-4H3,(H,59,71)(H,60,72)(H,61,73)(H,62,74)(H,63,79)(H,90,91)(H,92,93)/t19-,20-,21+,22+,23+,24+,25+,26+,27+,29+,30+,31+,32+,33+,34+,35+,36-,37-,38-,39+,40+,41+,42+,43-,44-,45+,46+,47+,48+,49-,50?,51-,52-,53-,54-,57+,58-/m0/s1. The van der Waals surface area contributed by atoms with Crippen molar-refractivity contribution < 1.29 is 213 Å². The summed E-state index contributed by atoms with van der Waals surface area (Å²) < 4.78 is 76.3. The Kier molecular flexibility index (Phi) is 31.4. The molecule has 5 amide bonds. The number of carbonyl (C=O) groups excluding carboxylic acids is 5. The molecule has 48 heteroatoms. The van der Waals surface area contributed by atoms with Crippen LogP contribution in [0, 0.1) is 0 Å². The lowest BCUT2D eigenvalue weighted by molar-refractivity contribution is -0.395. The van der Waals surface area contributed by atoms with Crippen LogP contribution in [-0.4, -0.2) is 438 Å². The summed E-state index contributed by atoms with van der Waals surface area (Å²) in [4.78, 5) is 90.0. The van der Waals surface area contributed by atoms with Crippen molar-refractivity contribution >= 4 is 41.5 Å². The number of rotatable bonds is 31. The Balaban J connectivity index is 1.19. The molecule has 0 aromatic heterocycles. The van der Waals surface area contributed by atoms with E-state index in [9.17, 15) is 151 Å². The highest BCUT2D eigenvalue weighted by molar-refractivity contribution is 5.79. The smallest absolute Gasteiger partial charge is 0.364 e. The van der Waals surface area contributed by atoms with E-state index in [1.165, 1.54) is 0 Å². The Morgan fingerprint density at radius 3 is 1.33 bits per heavy atom. The summed E-state index contributed by atoms with van der Waals surface area (Å²) in [6.45, 7) is -6.12. The van der Waals surface area contributed by atoms with Gasteiger partial charge in [-0.25, -0.2) is 9.59 Å². The number of ether oxygens (including phenoxy) is 13. The molecule has 610 valence electrons. The minimum absolute atomic E-state index is 0.837. The summed E-state index contributed by atoms with van der Waals surface area (Å²) in [6, 6.07) is -9.65. The molecule has 0 aliphatic carbocycles. The number of aliphatic hydroxyl groups excluding tert-OH is 21. The van der Waals surface area contributed by atoms with Gasteiger partial charge in [0.1, 0.15) is 165 Å². The summed E-state index contributed by atoms with van der Waals surface area (Å²) in [6.07, 6.45) is -69.0. The van der Waals surface area contributed by atoms with E-state index in [0.29, 0.717) is 0 Å². The van der Waals surface area contributed by atoms with E-state index in [1.54, 1.807) is 0 Å². The van der Waals surface area contributed by atoms with E-state index < -0.39 is 333 Å². The number of carboxylic acids is 2. The van der Waals surface area contributed by atoms with Gasteiger partial charge in [-0.1, -0.05) is 0 Å². The van der Waals surface area contributed by atoms with Gasteiger partial charge in [-0.2, -0.15) is 0 Å². The van der Waals surface area contributed by atoms with Crippen molar-refractivity contribution in [1.29, 1.82) is 0 Å². The van der Waals surface area contributed by atoms with Crippen molar-refractivity contribution in [3.63, 3.8) is 0 Å².